The monoisotopic (exact) mass is 449 g/mol. The van der Waals surface area contributed by atoms with Crippen LogP contribution in [0.4, 0.5) is 8.78 Å². The topological polar surface area (TPSA) is 59.4 Å². The molecular weight excluding hydrogens is 428 g/mol. The van der Waals surface area contributed by atoms with Crippen LogP contribution in [0.15, 0.2) is 47.4 Å². The first-order chi connectivity index (χ1) is 14.2. The Hall–Kier alpha value is -2.45. The fraction of sp³-hybridized carbons (Fsp3) is 0.273. The van der Waals surface area contributed by atoms with Gasteiger partial charge >= 0.3 is 5.97 Å². The first-order valence-electron chi connectivity index (χ1n) is 9.16. The number of carboxylic acid groups (broad SMARTS) is 1. The zero-order valence-corrected chi connectivity index (χ0v) is 18.4. The Kier molecular flexibility index (Phi) is 6.77. The summed E-state index contributed by atoms with van der Waals surface area (Å²) < 4.78 is 32.5. The van der Waals surface area contributed by atoms with E-state index in [1.54, 1.807) is 36.0 Å². The molecule has 30 heavy (non-hydrogen) atoms. The van der Waals surface area contributed by atoms with E-state index in [4.69, 9.17) is 9.84 Å². The maximum absolute atomic E-state index is 14.3. The van der Waals surface area contributed by atoms with Gasteiger partial charge in [0.1, 0.15) is 23.2 Å². The van der Waals surface area contributed by atoms with Crippen molar-refractivity contribution in [2.24, 2.45) is 0 Å². The highest BCUT2D eigenvalue weighted by atomic mass is 32.2. The van der Waals surface area contributed by atoms with Crippen LogP contribution in [-0.2, 0) is 17.2 Å². The predicted molar refractivity (Wildman–Crippen MR) is 115 cm³/mol. The molecule has 2 aromatic carbocycles. The van der Waals surface area contributed by atoms with E-state index in [0.717, 1.165) is 15.5 Å². The average Bonchev–Trinajstić information content (AvgIpc) is 3.07. The third-order valence-corrected chi connectivity index (χ3v) is 6.80. The number of alkyl halides is 1. The lowest BCUT2D eigenvalue weighted by Crippen LogP contribution is -2.37. The van der Waals surface area contributed by atoms with Gasteiger partial charge in [0.15, 0.2) is 5.60 Å². The Morgan fingerprint density at radius 3 is 2.53 bits per heavy atom. The summed E-state index contributed by atoms with van der Waals surface area (Å²) in [4.78, 5) is 17.7. The number of ether oxygens (including phenoxy) is 1. The lowest BCUT2D eigenvalue weighted by molar-refractivity contribution is -0.152. The maximum Gasteiger partial charge on any atom is 0.347 e. The van der Waals surface area contributed by atoms with Crippen molar-refractivity contribution in [1.82, 2.24) is 4.98 Å². The highest BCUT2D eigenvalue weighted by Crippen LogP contribution is 2.34. The molecule has 8 heteroatoms. The number of hydrogen-bond donors (Lipinski definition) is 1. The number of carbonyl (C=O) groups is 1. The van der Waals surface area contributed by atoms with Crippen LogP contribution in [0.1, 0.15) is 30.0 Å². The number of hydrogen-bond acceptors (Lipinski definition) is 5. The van der Waals surface area contributed by atoms with Crippen LogP contribution in [0, 0.1) is 12.7 Å². The summed E-state index contributed by atoms with van der Waals surface area (Å²) in [6.07, 6.45) is 0. The van der Waals surface area contributed by atoms with Gasteiger partial charge in [-0.3, -0.25) is 0 Å². The zero-order valence-electron chi connectivity index (χ0n) is 16.7. The van der Waals surface area contributed by atoms with E-state index in [9.17, 15) is 13.6 Å². The molecule has 0 aliphatic rings. The first-order valence-corrected chi connectivity index (χ1v) is 11.0. The third-order valence-electron chi connectivity index (χ3n) is 4.39. The fourth-order valence-electron chi connectivity index (χ4n) is 2.58. The molecule has 0 aliphatic carbocycles. The highest BCUT2D eigenvalue weighted by molar-refractivity contribution is 7.98. The zero-order chi connectivity index (χ0) is 21.9. The van der Waals surface area contributed by atoms with Gasteiger partial charge in [0, 0.05) is 21.1 Å². The highest BCUT2D eigenvalue weighted by Gasteiger charge is 2.29. The minimum atomic E-state index is -1.30. The summed E-state index contributed by atoms with van der Waals surface area (Å²) in [7, 11) is 0. The molecule has 4 nitrogen and oxygen atoms in total. The van der Waals surface area contributed by atoms with Crippen LogP contribution < -0.4 is 4.74 Å². The Labute approximate surface area is 181 Å². The Bertz CT molecular complexity index is 1050. The van der Waals surface area contributed by atoms with Crippen molar-refractivity contribution in [3.63, 3.8) is 0 Å². The SMILES string of the molecule is Cc1nc(-c2ccc(CF)cc2F)sc1CSc1ccc(OC(C)(C)C(=O)O)cc1. The van der Waals surface area contributed by atoms with Gasteiger partial charge in [0.2, 0.25) is 0 Å². The van der Waals surface area contributed by atoms with Gasteiger partial charge in [-0.05, 0) is 62.7 Å². The number of halogens is 2. The van der Waals surface area contributed by atoms with Crippen molar-refractivity contribution in [1.29, 1.82) is 0 Å². The second-order valence-electron chi connectivity index (χ2n) is 7.15. The first kappa shape index (κ1) is 22.2. The van der Waals surface area contributed by atoms with Gasteiger partial charge in [-0.15, -0.1) is 23.1 Å². The van der Waals surface area contributed by atoms with E-state index in [0.29, 0.717) is 27.6 Å². The Balaban J connectivity index is 1.67. The van der Waals surface area contributed by atoms with Crippen molar-refractivity contribution in [2.45, 2.75) is 43.7 Å². The van der Waals surface area contributed by atoms with Gasteiger partial charge in [0.25, 0.3) is 0 Å². The quantitative estimate of drug-likeness (QED) is 0.411. The van der Waals surface area contributed by atoms with Crippen molar-refractivity contribution >= 4 is 29.1 Å². The van der Waals surface area contributed by atoms with Gasteiger partial charge in [-0.1, -0.05) is 6.07 Å². The fourth-order valence-corrected chi connectivity index (χ4v) is 4.72. The predicted octanol–water partition coefficient (Wildman–Crippen LogP) is 6.26. The van der Waals surface area contributed by atoms with Gasteiger partial charge < -0.3 is 9.84 Å². The maximum atomic E-state index is 14.3. The van der Waals surface area contributed by atoms with Crippen LogP contribution in [-0.4, -0.2) is 21.7 Å². The van der Waals surface area contributed by atoms with Crippen molar-refractivity contribution < 1.29 is 23.4 Å². The minimum absolute atomic E-state index is 0.305. The van der Waals surface area contributed by atoms with E-state index < -0.39 is 24.1 Å². The molecule has 0 bridgehead atoms. The van der Waals surface area contributed by atoms with Crippen LogP contribution in [0.5, 0.6) is 5.75 Å². The van der Waals surface area contributed by atoms with Crippen molar-refractivity contribution in [2.75, 3.05) is 0 Å². The molecule has 1 aromatic heterocycles. The molecule has 0 unspecified atom stereocenters. The summed E-state index contributed by atoms with van der Waals surface area (Å²) in [5.41, 5.74) is 0.209. The van der Waals surface area contributed by atoms with E-state index in [-0.39, 0.29) is 0 Å². The lowest BCUT2D eigenvalue weighted by atomic mass is 10.1. The molecular formula is C22H21F2NO3S2. The number of benzene rings is 2. The van der Waals surface area contributed by atoms with Gasteiger partial charge in [-0.25, -0.2) is 18.6 Å². The Morgan fingerprint density at radius 1 is 1.23 bits per heavy atom. The third kappa shape index (κ3) is 5.17. The number of carboxylic acids is 1. The van der Waals surface area contributed by atoms with Gasteiger partial charge in [-0.2, -0.15) is 0 Å². The summed E-state index contributed by atoms with van der Waals surface area (Å²) in [6, 6.07) is 11.5. The number of aliphatic carboxylic acids is 1. The molecule has 1 heterocycles. The van der Waals surface area contributed by atoms with Crippen molar-refractivity contribution in [3.8, 4) is 16.3 Å². The number of thioether (sulfide) groups is 1. The van der Waals surface area contributed by atoms with Crippen LogP contribution in [0.2, 0.25) is 0 Å². The molecule has 0 fully saturated rings. The molecule has 158 valence electrons. The Morgan fingerprint density at radius 2 is 1.93 bits per heavy atom. The molecule has 0 saturated heterocycles. The van der Waals surface area contributed by atoms with Gasteiger partial charge in [0.05, 0.1) is 5.69 Å². The number of aryl methyl sites for hydroxylation is 1. The minimum Gasteiger partial charge on any atom is -0.478 e. The largest absolute Gasteiger partial charge is 0.478 e. The molecule has 3 rings (SSSR count). The molecule has 0 radical (unpaired) electrons. The summed E-state index contributed by atoms with van der Waals surface area (Å²) in [5.74, 6) is -0.365. The van der Waals surface area contributed by atoms with E-state index in [1.165, 1.54) is 31.3 Å². The summed E-state index contributed by atoms with van der Waals surface area (Å²) in [5, 5.41) is 9.72. The van der Waals surface area contributed by atoms with E-state index in [2.05, 4.69) is 4.98 Å². The summed E-state index contributed by atoms with van der Waals surface area (Å²) >= 11 is 3.01. The van der Waals surface area contributed by atoms with Crippen LogP contribution in [0.25, 0.3) is 10.6 Å². The molecule has 3 aromatic rings. The lowest BCUT2D eigenvalue weighted by Gasteiger charge is -2.21. The smallest absolute Gasteiger partial charge is 0.347 e. The van der Waals surface area contributed by atoms with Crippen LogP contribution >= 0.6 is 23.1 Å². The normalized spacial score (nSPS) is 11.5. The average molecular weight is 450 g/mol. The number of aromatic nitrogens is 1. The van der Waals surface area contributed by atoms with Crippen LogP contribution in [0.3, 0.4) is 0 Å². The van der Waals surface area contributed by atoms with E-state index in [1.807, 2.05) is 19.1 Å². The van der Waals surface area contributed by atoms with E-state index >= 15 is 0 Å². The standard InChI is InChI=1S/C22H21F2NO3S2/c1-13-19(30-20(25-13)17-9-4-14(11-23)10-18(17)24)12-29-16-7-5-15(6-8-16)28-22(2,3)21(26)27/h4-10H,11-12H2,1-3H3,(H,26,27). The molecule has 0 atom stereocenters. The molecule has 0 saturated carbocycles. The number of nitrogens with zero attached hydrogens (tertiary/aromatic N) is 1. The molecule has 0 aliphatic heterocycles. The number of rotatable bonds is 8. The van der Waals surface area contributed by atoms with Crippen molar-refractivity contribution in [3.05, 3.63) is 64.4 Å². The second kappa shape index (κ2) is 9.14. The second-order valence-corrected chi connectivity index (χ2v) is 9.29. The molecule has 1 N–H and O–H groups in total. The molecule has 0 amide bonds. The molecule has 0 spiro atoms. The number of thiazole rings is 1. The summed E-state index contributed by atoms with van der Waals surface area (Å²) in [6.45, 7) is 4.18.